The summed E-state index contributed by atoms with van der Waals surface area (Å²) in [7, 11) is 0. The topological polar surface area (TPSA) is 99.6 Å². The molecule has 2 aliphatic heterocycles. The van der Waals surface area contributed by atoms with Gasteiger partial charge in [0.25, 0.3) is 0 Å². The molecule has 4 N–H and O–H groups in total. The van der Waals surface area contributed by atoms with Crippen molar-refractivity contribution in [1.29, 1.82) is 5.41 Å². The van der Waals surface area contributed by atoms with Gasteiger partial charge in [0.2, 0.25) is 0 Å². The Morgan fingerprint density at radius 1 is 1.28 bits per heavy atom. The van der Waals surface area contributed by atoms with Crippen molar-refractivity contribution in [3.8, 4) is 0 Å². The van der Waals surface area contributed by atoms with Crippen LogP contribution in [-0.4, -0.2) is 54.3 Å². The second-order valence-corrected chi connectivity index (χ2v) is 8.23. The molecule has 7 nitrogen and oxygen atoms in total. The zero-order chi connectivity index (χ0) is 20.0. The van der Waals surface area contributed by atoms with E-state index in [0.29, 0.717) is 5.70 Å². The van der Waals surface area contributed by atoms with E-state index in [1.54, 1.807) is 0 Å². The number of aromatic nitrogens is 1. The minimum Gasteiger partial charge on any atom is -0.402 e. The Kier molecular flexibility index (Phi) is 4.62. The molecule has 4 aliphatic rings. The number of amidine groups is 1. The van der Waals surface area contributed by atoms with Crippen molar-refractivity contribution in [2.75, 3.05) is 26.3 Å². The molecular formula is C22H28N6O. The average molecular weight is 393 g/mol. The molecule has 2 unspecified atom stereocenters. The number of nitrogens with zero attached hydrogens (tertiary/aromatic N) is 3. The fourth-order valence-electron chi connectivity index (χ4n) is 5.10. The molecule has 3 heterocycles. The van der Waals surface area contributed by atoms with E-state index in [9.17, 15) is 0 Å². The van der Waals surface area contributed by atoms with Crippen molar-refractivity contribution < 1.29 is 4.74 Å². The summed E-state index contributed by atoms with van der Waals surface area (Å²) < 4.78 is 5.55. The highest BCUT2D eigenvalue weighted by Crippen LogP contribution is 2.41. The second kappa shape index (κ2) is 7.30. The van der Waals surface area contributed by atoms with Crippen LogP contribution >= 0.6 is 0 Å². The lowest BCUT2D eigenvalue weighted by Crippen LogP contribution is -2.44. The summed E-state index contributed by atoms with van der Waals surface area (Å²) in [6.45, 7) is 5.11. The third-order valence-corrected chi connectivity index (χ3v) is 6.48. The van der Waals surface area contributed by atoms with E-state index in [1.165, 1.54) is 29.3 Å². The smallest absolute Gasteiger partial charge is 0.135 e. The lowest BCUT2D eigenvalue weighted by Gasteiger charge is -2.35. The first-order valence-corrected chi connectivity index (χ1v) is 10.6. The van der Waals surface area contributed by atoms with Gasteiger partial charge in [-0.05, 0) is 55.4 Å². The highest BCUT2D eigenvalue weighted by atomic mass is 16.5. The van der Waals surface area contributed by atoms with Crippen LogP contribution < -0.4 is 11.2 Å². The van der Waals surface area contributed by atoms with Crippen molar-refractivity contribution in [2.45, 2.75) is 44.6 Å². The number of fused-ring (bicyclic) bond motifs is 5. The van der Waals surface area contributed by atoms with Gasteiger partial charge < -0.3 is 26.2 Å². The summed E-state index contributed by atoms with van der Waals surface area (Å²) in [5, 5.41) is 12.6. The monoisotopic (exact) mass is 392 g/mol. The number of nitrogens with two attached hydrogens (primary N) is 1. The third-order valence-electron chi connectivity index (χ3n) is 6.48. The molecule has 2 atom stereocenters. The highest BCUT2D eigenvalue weighted by Gasteiger charge is 2.41. The van der Waals surface area contributed by atoms with Gasteiger partial charge in [0.05, 0.1) is 36.6 Å². The zero-order valence-corrected chi connectivity index (χ0v) is 16.9. The molecule has 0 saturated carbocycles. The van der Waals surface area contributed by atoms with E-state index in [-0.39, 0.29) is 12.0 Å². The Hall–Kier alpha value is -2.67. The molecule has 1 fully saturated rings. The number of ether oxygens (including phenoxy) is 1. The number of pyridine rings is 1. The van der Waals surface area contributed by atoms with Gasteiger partial charge >= 0.3 is 0 Å². The maximum absolute atomic E-state index is 7.90. The van der Waals surface area contributed by atoms with Gasteiger partial charge in [0.15, 0.2) is 0 Å². The Labute approximate surface area is 171 Å². The Bertz CT molecular complexity index is 937. The van der Waals surface area contributed by atoms with Crippen LogP contribution in [0.4, 0.5) is 0 Å². The fraction of sp³-hybridized carbons (Fsp3) is 0.500. The molecule has 1 aromatic heterocycles. The summed E-state index contributed by atoms with van der Waals surface area (Å²) in [5.41, 5.74) is 16.8. The Morgan fingerprint density at radius 2 is 2.03 bits per heavy atom. The second-order valence-electron chi connectivity index (χ2n) is 8.23. The first-order chi connectivity index (χ1) is 14.2. The van der Waals surface area contributed by atoms with Crippen molar-refractivity contribution in [3.05, 3.63) is 39.9 Å². The summed E-state index contributed by atoms with van der Waals surface area (Å²) in [4.78, 5) is 7.42. The van der Waals surface area contributed by atoms with Crippen LogP contribution in [0.15, 0.2) is 16.9 Å². The van der Waals surface area contributed by atoms with Crippen LogP contribution in [0.25, 0.3) is 11.6 Å². The van der Waals surface area contributed by atoms with E-state index in [0.717, 1.165) is 68.4 Å². The molecule has 1 saturated heterocycles. The lowest BCUT2D eigenvalue weighted by molar-refractivity contribution is 0.0670. The van der Waals surface area contributed by atoms with Gasteiger partial charge in [0.1, 0.15) is 5.84 Å². The molecule has 7 heteroatoms. The van der Waals surface area contributed by atoms with Crippen LogP contribution in [0.5, 0.6) is 0 Å². The lowest BCUT2D eigenvalue weighted by atomic mass is 9.76. The van der Waals surface area contributed by atoms with Crippen molar-refractivity contribution in [3.63, 3.8) is 0 Å². The first-order valence-electron chi connectivity index (χ1n) is 10.6. The quantitative estimate of drug-likeness (QED) is 0.669. The summed E-state index contributed by atoms with van der Waals surface area (Å²) in [6, 6.07) is 0.174. The van der Waals surface area contributed by atoms with Gasteiger partial charge in [-0.1, -0.05) is 6.08 Å². The summed E-state index contributed by atoms with van der Waals surface area (Å²) >= 11 is 0. The molecule has 29 heavy (non-hydrogen) atoms. The van der Waals surface area contributed by atoms with Gasteiger partial charge in [-0.3, -0.25) is 0 Å². The zero-order valence-electron chi connectivity index (χ0n) is 16.9. The van der Waals surface area contributed by atoms with E-state index in [4.69, 9.17) is 26.0 Å². The maximum atomic E-state index is 7.90. The van der Waals surface area contributed by atoms with Gasteiger partial charge in [-0.15, -0.1) is 0 Å². The summed E-state index contributed by atoms with van der Waals surface area (Å²) in [6.07, 6.45) is 10.0. The Morgan fingerprint density at radius 3 is 2.76 bits per heavy atom. The molecule has 0 bridgehead atoms. The summed E-state index contributed by atoms with van der Waals surface area (Å²) in [5.74, 6) is 1.30. The standard InChI is InChI=1S/C22H28N6O/c1-13(24)16(12-23)21-15-5-3-2-4-14(15)19-17(25-21)6-7-18-20(19)22(27-26-18)28-8-10-29-11-9-28/h6-7,12,18,20,23,26H,2-5,8-11,24H2,1H3. The molecule has 2 aliphatic carbocycles. The average Bonchev–Trinajstić information content (AvgIpc) is 3.19. The normalized spacial score (nSPS) is 26.0. The molecule has 0 radical (unpaired) electrons. The van der Waals surface area contributed by atoms with Crippen LogP contribution in [-0.2, 0) is 17.6 Å². The number of hydrogen-bond acceptors (Lipinski definition) is 7. The van der Waals surface area contributed by atoms with E-state index in [1.807, 2.05) is 6.92 Å². The van der Waals surface area contributed by atoms with Crippen molar-refractivity contribution >= 4 is 23.7 Å². The minimum atomic E-state index is 0.174. The molecule has 152 valence electrons. The number of morpholine rings is 1. The highest BCUT2D eigenvalue weighted by molar-refractivity contribution is 6.09. The molecule has 1 aromatic rings. The molecule has 5 rings (SSSR count). The molecule has 0 aromatic carbocycles. The van der Waals surface area contributed by atoms with Crippen molar-refractivity contribution in [2.24, 2.45) is 10.8 Å². The Balaban J connectivity index is 1.67. The van der Waals surface area contributed by atoms with Gasteiger partial charge in [-0.25, -0.2) is 4.98 Å². The number of rotatable bonds is 2. The van der Waals surface area contributed by atoms with Crippen LogP contribution in [0.2, 0.25) is 0 Å². The molecule has 0 amide bonds. The molecule has 0 spiro atoms. The maximum Gasteiger partial charge on any atom is 0.135 e. The number of nitrogens with one attached hydrogen (secondary N) is 2. The van der Waals surface area contributed by atoms with E-state index in [2.05, 4.69) is 22.5 Å². The van der Waals surface area contributed by atoms with Crippen LogP contribution in [0.3, 0.4) is 0 Å². The first kappa shape index (κ1) is 18.4. The van der Waals surface area contributed by atoms with Gasteiger partial charge in [-0.2, -0.15) is 5.10 Å². The SMILES string of the molecule is CC(N)=C(C=N)c1nc2c(c3c1CCCC3)C1C(N3CCOCC3)=NNC1C=C2. The van der Waals surface area contributed by atoms with E-state index >= 15 is 0 Å². The van der Waals surface area contributed by atoms with Crippen LogP contribution in [0.1, 0.15) is 53.8 Å². The number of allylic oxidation sites excluding steroid dienone is 2. The van der Waals surface area contributed by atoms with Crippen LogP contribution in [0, 0.1) is 5.41 Å². The number of hydrazone groups is 1. The van der Waals surface area contributed by atoms with Crippen molar-refractivity contribution in [1.82, 2.24) is 15.3 Å². The number of hydrogen-bond donors (Lipinski definition) is 3. The predicted molar refractivity (Wildman–Crippen MR) is 115 cm³/mol. The largest absolute Gasteiger partial charge is 0.402 e. The fourth-order valence-corrected chi connectivity index (χ4v) is 5.10. The third kappa shape index (κ3) is 2.95. The predicted octanol–water partition coefficient (Wildman–Crippen LogP) is 2.03. The molecular weight excluding hydrogens is 364 g/mol. The van der Waals surface area contributed by atoms with E-state index < -0.39 is 0 Å². The minimum absolute atomic E-state index is 0.174. The van der Waals surface area contributed by atoms with Gasteiger partial charge in [0, 0.05) is 30.6 Å².